The maximum absolute atomic E-state index is 12.7. The summed E-state index contributed by atoms with van der Waals surface area (Å²) in [7, 11) is 1.63. The maximum atomic E-state index is 12.7. The number of ether oxygens (including phenoxy) is 1. The fourth-order valence-electron chi connectivity index (χ4n) is 2.85. The number of amides is 1. The average molecular weight is 323 g/mol. The van der Waals surface area contributed by atoms with Crippen molar-refractivity contribution in [2.45, 2.75) is 25.9 Å². The highest BCUT2D eigenvalue weighted by Gasteiger charge is 2.20. The average Bonchev–Trinajstić information content (AvgIpc) is 3.04. The molecule has 2 aromatic carbocycles. The van der Waals surface area contributed by atoms with E-state index in [-0.39, 0.29) is 18.0 Å². The Morgan fingerprint density at radius 2 is 1.83 bits per heavy atom. The van der Waals surface area contributed by atoms with Gasteiger partial charge >= 0.3 is 0 Å². The molecule has 3 aromatic rings. The van der Waals surface area contributed by atoms with Crippen LogP contribution in [-0.2, 0) is 4.79 Å². The van der Waals surface area contributed by atoms with Crippen LogP contribution >= 0.6 is 0 Å². The second-order valence-corrected chi connectivity index (χ2v) is 5.79. The monoisotopic (exact) mass is 323 g/mol. The van der Waals surface area contributed by atoms with E-state index in [4.69, 9.17) is 4.74 Å². The van der Waals surface area contributed by atoms with Crippen molar-refractivity contribution in [1.29, 1.82) is 0 Å². The SMILES string of the molecule is COc1ccccc1[C@H](C)NC(=O)[C@@H](C)n1cnc2ccccc21. The van der Waals surface area contributed by atoms with E-state index in [1.54, 1.807) is 13.4 Å². The zero-order valence-electron chi connectivity index (χ0n) is 14.1. The molecule has 1 aromatic heterocycles. The van der Waals surface area contributed by atoms with E-state index in [0.29, 0.717) is 0 Å². The zero-order chi connectivity index (χ0) is 17.1. The Hall–Kier alpha value is -2.82. The first-order chi connectivity index (χ1) is 11.6. The van der Waals surface area contributed by atoms with Crippen LogP contribution < -0.4 is 10.1 Å². The van der Waals surface area contributed by atoms with Gasteiger partial charge in [0.15, 0.2) is 0 Å². The van der Waals surface area contributed by atoms with Gasteiger partial charge in [0, 0.05) is 5.56 Å². The molecule has 124 valence electrons. The van der Waals surface area contributed by atoms with Gasteiger partial charge in [-0.15, -0.1) is 0 Å². The third-order valence-corrected chi connectivity index (χ3v) is 4.24. The summed E-state index contributed by atoms with van der Waals surface area (Å²) in [5, 5.41) is 3.06. The number of para-hydroxylation sites is 3. The standard InChI is InChI=1S/C19H21N3O2/c1-13(15-8-4-7-11-18(15)24-3)21-19(23)14(2)22-12-20-16-9-5-6-10-17(16)22/h4-14H,1-3H3,(H,21,23)/t13-,14+/m0/s1. The van der Waals surface area contributed by atoms with Crippen molar-refractivity contribution in [2.75, 3.05) is 7.11 Å². The molecule has 1 N–H and O–H groups in total. The van der Waals surface area contributed by atoms with E-state index in [1.165, 1.54) is 0 Å². The summed E-state index contributed by atoms with van der Waals surface area (Å²) in [5.74, 6) is 0.711. The summed E-state index contributed by atoms with van der Waals surface area (Å²) in [6.45, 7) is 3.83. The topological polar surface area (TPSA) is 56.1 Å². The zero-order valence-corrected chi connectivity index (χ0v) is 14.1. The molecule has 0 aliphatic heterocycles. The lowest BCUT2D eigenvalue weighted by Crippen LogP contribution is -2.33. The molecule has 24 heavy (non-hydrogen) atoms. The smallest absolute Gasteiger partial charge is 0.243 e. The van der Waals surface area contributed by atoms with Crippen LogP contribution in [0.25, 0.3) is 11.0 Å². The second kappa shape index (κ2) is 6.74. The van der Waals surface area contributed by atoms with Gasteiger partial charge in [0.2, 0.25) is 5.91 Å². The summed E-state index contributed by atoms with van der Waals surface area (Å²) in [6.07, 6.45) is 1.71. The number of nitrogens with zero attached hydrogens (tertiary/aromatic N) is 2. The van der Waals surface area contributed by atoms with Gasteiger partial charge in [0.25, 0.3) is 0 Å². The first-order valence-corrected chi connectivity index (χ1v) is 7.96. The molecule has 5 heteroatoms. The van der Waals surface area contributed by atoms with E-state index in [2.05, 4.69) is 10.3 Å². The number of hydrogen-bond acceptors (Lipinski definition) is 3. The molecule has 0 unspecified atom stereocenters. The Bertz CT molecular complexity index is 856. The normalized spacial score (nSPS) is 13.5. The highest BCUT2D eigenvalue weighted by molar-refractivity contribution is 5.83. The van der Waals surface area contributed by atoms with E-state index in [1.807, 2.05) is 66.9 Å². The van der Waals surface area contributed by atoms with Gasteiger partial charge in [0.05, 0.1) is 30.5 Å². The van der Waals surface area contributed by atoms with Gasteiger partial charge in [-0.05, 0) is 32.0 Å². The number of benzene rings is 2. The number of hydrogen-bond donors (Lipinski definition) is 1. The fraction of sp³-hybridized carbons (Fsp3) is 0.263. The number of rotatable bonds is 5. The molecule has 0 aliphatic rings. The minimum absolute atomic E-state index is 0.0587. The number of aromatic nitrogens is 2. The Labute approximate surface area is 141 Å². The molecule has 0 bridgehead atoms. The number of imidazole rings is 1. The molecule has 0 spiro atoms. The van der Waals surface area contributed by atoms with Crippen molar-refractivity contribution in [3.8, 4) is 5.75 Å². The van der Waals surface area contributed by atoms with E-state index in [9.17, 15) is 4.79 Å². The van der Waals surface area contributed by atoms with Gasteiger partial charge in [-0.1, -0.05) is 30.3 Å². The van der Waals surface area contributed by atoms with Crippen LogP contribution in [0.2, 0.25) is 0 Å². The number of methoxy groups -OCH3 is 1. The molecule has 0 saturated carbocycles. The number of carbonyl (C=O) groups excluding carboxylic acids is 1. The van der Waals surface area contributed by atoms with Gasteiger partial charge in [-0.25, -0.2) is 4.98 Å². The quantitative estimate of drug-likeness (QED) is 0.782. The van der Waals surface area contributed by atoms with Crippen molar-refractivity contribution in [2.24, 2.45) is 0 Å². The molecule has 2 atom stereocenters. The lowest BCUT2D eigenvalue weighted by Gasteiger charge is -2.20. The first-order valence-electron chi connectivity index (χ1n) is 7.96. The Kier molecular flexibility index (Phi) is 4.51. The minimum atomic E-state index is -0.352. The summed E-state index contributed by atoms with van der Waals surface area (Å²) in [4.78, 5) is 17.0. The molecule has 1 heterocycles. The summed E-state index contributed by atoms with van der Waals surface area (Å²) in [5.41, 5.74) is 2.79. The van der Waals surface area contributed by atoms with Crippen LogP contribution in [0.1, 0.15) is 31.5 Å². The van der Waals surface area contributed by atoms with Crippen LogP contribution in [0.15, 0.2) is 54.9 Å². The van der Waals surface area contributed by atoms with Crippen LogP contribution in [0.3, 0.4) is 0 Å². The summed E-state index contributed by atoms with van der Waals surface area (Å²) >= 11 is 0. The van der Waals surface area contributed by atoms with Crippen molar-refractivity contribution >= 4 is 16.9 Å². The summed E-state index contributed by atoms with van der Waals surface area (Å²) in [6, 6.07) is 15.0. The van der Waals surface area contributed by atoms with Gasteiger partial charge in [-0.2, -0.15) is 0 Å². The number of nitrogens with one attached hydrogen (secondary N) is 1. The predicted molar refractivity (Wildman–Crippen MR) is 94.0 cm³/mol. The first kappa shape index (κ1) is 16.1. The molecule has 5 nitrogen and oxygen atoms in total. The van der Waals surface area contributed by atoms with E-state index >= 15 is 0 Å². The molecule has 3 rings (SSSR count). The maximum Gasteiger partial charge on any atom is 0.243 e. The Morgan fingerprint density at radius 3 is 2.62 bits per heavy atom. The Morgan fingerprint density at radius 1 is 1.12 bits per heavy atom. The van der Waals surface area contributed by atoms with Crippen LogP contribution in [0.5, 0.6) is 5.75 Å². The molecular weight excluding hydrogens is 302 g/mol. The molecule has 0 fully saturated rings. The minimum Gasteiger partial charge on any atom is -0.496 e. The lowest BCUT2D eigenvalue weighted by molar-refractivity contribution is -0.124. The van der Waals surface area contributed by atoms with Gasteiger partial charge in [-0.3, -0.25) is 4.79 Å². The number of fused-ring (bicyclic) bond motifs is 1. The van der Waals surface area contributed by atoms with Crippen molar-refractivity contribution in [3.63, 3.8) is 0 Å². The van der Waals surface area contributed by atoms with Crippen molar-refractivity contribution < 1.29 is 9.53 Å². The molecule has 0 radical (unpaired) electrons. The molecule has 0 aliphatic carbocycles. The van der Waals surface area contributed by atoms with Crippen molar-refractivity contribution in [3.05, 3.63) is 60.4 Å². The highest BCUT2D eigenvalue weighted by Crippen LogP contribution is 2.25. The van der Waals surface area contributed by atoms with Crippen LogP contribution in [0, 0.1) is 0 Å². The predicted octanol–water partition coefficient (Wildman–Crippen LogP) is 3.48. The third kappa shape index (κ3) is 2.97. The number of carbonyl (C=O) groups is 1. The van der Waals surface area contributed by atoms with Crippen LogP contribution in [0.4, 0.5) is 0 Å². The van der Waals surface area contributed by atoms with E-state index < -0.39 is 0 Å². The summed E-state index contributed by atoms with van der Waals surface area (Å²) < 4.78 is 7.26. The van der Waals surface area contributed by atoms with Gasteiger partial charge in [0.1, 0.15) is 11.8 Å². The largest absolute Gasteiger partial charge is 0.496 e. The van der Waals surface area contributed by atoms with Gasteiger partial charge < -0.3 is 14.6 Å². The van der Waals surface area contributed by atoms with Crippen molar-refractivity contribution in [1.82, 2.24) is 14.9 Å². The Balaban J connectivity index is 1.79. The highest BCUT2D eigenvalue weighted by atomic mass is 16.5. The fourth-order valence-corrected chi connectivity index (χ4v) is 2.85. The molecule has 1 amide bonds. The van der Waals surface area contributed by atoms with Crippen LogP contribution in [-0.4, -0.2) is 22.6 Å². The molecule has 0 saturated heterocycles. The molecular formula is C19H21N3O2. The second-order valence-electron chi connectivity index (χ2n) is 5.79. The van der Waals surface area contributed by atoms with E-state index in [0.717, 1.165) is 22.3 Å². The third-order valence-electron chi connectivity index (χ3n) is 4.24. The lowest BCUT2D eigenvalue weighted by atomic mass is 10.1.